The van der Waals surface area contributed by atoms with Gasteiger partial charge in [-0.25, -0.2) is 0 Å². The van der Waals surface area contributed by atoms with Crippen LogP contribution in [0.5, 0.6) is 0 Å². The van der Waals surface area contributed by atoms with Gasteiger partial charge in [0.05, 0.1) is 5.69 Å². The summed E-state index contributed by atoms with van der Waals surface area (Å²) in [6.07, 6.45) is 5.57. The molecule has 3 aliphatic carbocycles. The largest absolute Gasteiger partial charge is 0.310 e. The van der Waals surface area contributed by atoms with Crippen LogP contribution in [0.15, 0.2) is 121 Å². The fraction of sp³-hybridized carbons (Fsp3) is 0.306. The van der Waals surface area contributed by atoms with Crippen LogP contribution in [0, 0.1) is 18.8 Å². The SMILES string of the molecule is Cc1cccc2c1-c1ccc(N(c3cccc(C4CC5CCC4C5)c3)c3cc4ccccc4cc3-c3ccccc3C(C)(C)C)cc1C2(C)C. The number of aryl methyl sites for hydroxylation is 1. The summed E-state index contributed by atoms with van der Waals surface area (Å²) in [7, 11) is 0. The van der Waals surface area contributed by atoms with Gasteiger partial charge in [-0.2, -0.15) is 0 Å². The molecule has 2 fully saturated rings. The van der Waals surface area contributed by atoms with Gasteiger partial charge in [-0.1, -0.05) is 126 Å². The van der Waals surface area contributed by atoms with Crippen molar-refractivity contribution in [1.29, 1.82) is 0 Å². The van der Waals surface area contributed by atoms with E-state index in [1.807, 2.05) is 0 Å². The molecule has 2 bridgehead atoms. The lowest BCUT2D eigenvalue weighted by Gasteiger charge is -2.32. The normalized spacial score (nSPS) is 20.2. The minimum absolute atomic E-state index is 0.00667. The number of hydrogen-bond donors (Lipinski definition) is 0. The summed E-state index contributed by atoms with van der Waals surface area (Å²) in [4.78, 5) is 2.59. The molecule has 1 heteroatoms. The maximum Gasteiger partial charge on any atom is 0.0546 e. The third kappa shape index (κ3) is 4.96. The predicted octanol–water partition coefficient (Wildman–Crippen LogP) is 13.8. The minimum Gasteiger partial charge on any atom is -0.310 e. The second-order valence-corrected chi connectivity index (χ2v) is 17.1. The molecule has 6 aromatic rings. The van der Waals surface area contributed by atoms with Crippen molar-refractivity contribution in [2.75, 3.05) is 4.90 Å². The van der Waals surface area contributed by atoms with Gasteiger partial charge in [0, 0.05) is 22.4 Å². The van der Waals surface area contributed by atoms with Gasteiger partial charge in [-0.3, -0.25) is 0 Å². The molecule has 0 saturated heterocycles. The standard InChI is InChI=1S/C49H49N/c1-31-13-11-20-44-47(31)40-24-23-38(30-45(40)49(44,5)6)50(37-17-12-16-35(27-37)41-26-32-21-22-36(41)25-32)46-29-34-15-8-7-14-33(34)28-42(46)39-18-9-10-19-43(39)48(2,3)4/h7-20,23-24,27-30,32,36,41H,21-22,25-26H2,1-6H3. The Kier molecular flexibility index (Phi) is 7.19. The van der Waals surface area contributed by atoms with Gasteiger partial charge in [0.25, 0.3) is 0 Å². The molecule has 0 radical (unpaired) electrons. The molecule has 50 heavy (non-hydrogen) atoms. The number of fused-ring (bicyclic) bond motifs is 6. The molecule has 0 aliphatic heterocycles. The zero-order valence-corrected chi connectivity index (χ0v) is 30.6. The highest BCUT2D eigenvalue weighted by molar-refractivity contribution is 5.99. The van der Waals surface area contributed by atoms with E-state index in [1.165, 1.54) is 104 Å². The van der Waals surface area contributed by atoms with E-state index >= 15 is 0 Å². The van der Waals surface area contributed by atoms with Gasteiger partial charge < -0.3 is 4.90 Å². The molecule has 3 unspecified atom stereocenters. The van der Waals surface area contributed by atoms with Crippen LogP contribution >= 0.6 is 0 Å². The molecule has 0 N–H and O–H groups in total. The predicted molar refractivity (Wildman–Crippen MR) is 213 cm³/mol. The van der Waals surface area contributed by atoms with Crippen molar-refractivity contribution in [1.82, 2.24) is 0 Å². The summed E-state index contributed by atoms with van der Waals surface area (Å²) in [6, 6.07) is 46.6. The molecule has 9 rings (SSSR count). The number of rotatable bonds is 5. The Morgan fingerprint density at radius 2 is 1.36 bits per heavy atom. The fourth-order valence-electron chi connectivity index (χ4n) is 10.1. The summed E-state index contributed by atoms with van der Waals surface area (Å²) in [5.74, 6) is 2.42. The highest BCUT2D eigenvalue weighted by Gasteiger charge is 2.41. The Balaban J connectivity index is 1.31. The van der Waals surface area contributed by atoms with Crippen molar-refractivity contribution in [3.8, 4) is 22.3 Å². The van der Waals surface area contributed by atoms with Crippen molar-refractivity contribution in [3.63, 3.8) is 0 Å². The minimum atomic E-state index is -0.0889. The first kappa shape index (κ1) is 31.4. The zero-order valence-electron chi connectivity index (χ0n) is 30.6. The van der Waals surface area contributed by atoms with Crippen LogP contribution in [0.3, 0.4) is 0 Å². The first-order valence-electron chi connectivity index (χ1n) is 18.9. The van der Waals surface area contributed by atoms with Gasteiger partial charge in [-0.15, -0.1) is 0 Å². The molecule has 1 nitrogen and oxygen atoms in total. The Bertz CT molecular complexity index is 2280. The first-order valence-corrected chi connectivity index (χ1v) is 18.9. The molecule has 3 atom stereocenters. The van der Waals surface area contributed by atoms with Gasteiger partial charge in [0.15, 0.2) is 0 Å². The summed E-state index contributed by atoms with van der Waals surface area (Å²) in [6.45, 7) is 14.1. The zero-order chi connectivity index (χ0) is 34.4. The van der Waals surface area contributed by atoms with Gasteiger partial charge in [0.1, 0.15) is 0 Å². The van der Waals surface area contributed by atoms with E-state index in [1.54, 1.807) is 0 Å². The van der Waals surface area contributed by atoms with E-state index in [-0.39, 0.29) is 10.8 Å². The number of hydrogen-bond acceptors (Lipinski definition) is 1. The Labute approximate surface area is 299 Å². The van der Waals surface area contributed by atoms with Gasteiger partial charge >= 0.3 is 0 Å². The third-order valence-corrected chi connectivity index (χ3v) is 12.6. The van der Waals surface area contributed by atoms with Gasteiger partial charge in [0.2, 0.25) is 0 Å². The van der Waals surface area contributed by atoms with Crippen LogP contribution in [0.2, 0.25) is 0 Å². The molecular weight excluding hydrogens is 603 g/mol. The van der Waals surface area contributed by atoms with E-state index < -0.39 is 0 Å². The lowest BCUT2D eigenvalue weighted by Crippen LogP contribution is -2.18. The lowest BCUT2D eigenvalue weighted by atomic mass is 9.81. The molecule has 0 heterocycles. The summed E-state index contributed by atoms with van der Waals surface area (Å²) in [5.41, 5.74) is 16.0. The summed E-state index contributed by atoms with van der Waals surface area (Å²) >= 11 is 0. The quantitative estimate of drug-likeness (QED) is 0.179. The van der Waals surface area contributed by atoms with E-state index in [9.17, 15) is 0 Å². The van der Waals surface area contributed by atoms with Crippen LogP contribution in [0.25, 0.3) is 33.0 Å². The summed E-state index contributed by atoms with van der Waals surface area (Å²) in [5, 5.41) is 2.53. The van der Waals surface area contributed by atoms with Crippen molar-refractivity contribution < 1.29 is 0 Å². The van der Waals surface area contributed by atoms with E-state index in [4.69, 9.17) is 0 Å². The molecular formula is C49H49N. The molecule has 6 aromatic carbocycles. The van der Waals surface area contributed by atoms with E-state index in [2.05, 4.69) is 168 Å². The van der Waals surface area contributed by atoms with E-state index in [0.29, 0.717) is 5.92 Å². The Morgan fingerprint density at radius 1 is 0.620 bits per heavy atom. The summed E-state index contributed by atoms with van der Waals surface area (Å²) < 4.78 is 0. The van der Waals surface area contributed by atoms with Crippen LogP contribution in [-0.2, 0) is 10.8 Å². The number of nitrogens with zero attached hydrogens (tertiary/aromatic N) is 1. The van der Waals surface area contributed by atoms with Crippen molar-refractivity contribution >= 4 is 27.8 Å². The second-order valence-electron chi connectivity index (χ2n) is 17.1. The van der Waals surface area contributed by atoms with Crippen molar-refractivity contribution in [3.05, 3.63) is 149 Å². The van der Waals surface area contributed by atoms with Crippen LogP contribution in [0.1, 0.15) is 94.0 Å². The average Bonchev–Trinajstić information content (AvgIpc) is 3.81. The third-order valence-electron chi connectivity index (χ3n) is 12.6. The van der Waals surface area contributed by atoms with Crippen LogP contribution < -0.4 is 4.90 Å². The van der Waals surface area contributed by atoms with Gasteiger partial charge in [-0.05, 0) is 141 Å². The number of anilines is 3. The Hall–Kier alpha value is -4.62. The molecule has 250 valence electrons. The lowest BCUT2D eigenvalue weighted by molar-refractivity contribution is 0.420. The number of benzene rings is 6. The first-order chi connectivity index (χ1) is 24.1. The van der Waals surface area contributed by atoms with Crippen molar-refractivity contribution in [2.45, 2.75) is 84.0 Å². The van der Waals surface area contributed by atoms with Crippen molar-refractivity contribution in [2.24, 2.45) is 11.8 Å². The molecule has 2 saturated carbocycles. The molecule has 0 spiro atoms. The van der Waals surface area contributed by atoms with Crippen LogP contribution in [-0.4, -0.2) is 0 Å². The monoisotopic (exact) mass is 651 g/mol. The Morgan fingerprint density at radius 3 is 2.12 bits per heavy atom. The second kappa shape index (κ2) is 11.5. The highest BCUT2D eigenvalue weighted by atomic mass is 15.1. The molecule has 0 amide bonds. The maximum atomic E-state index is 2.59. The van der Waals surface area contributed by atoms with E-state index in [0.717, 1.165) is 11.8 Å². The molecule has 3 aliphatic rings. The smallest absolute Gasteiger partial charge is 0.0546 e. The van der Waals surface area contributed by atoms with Crippen LogP contribution in [0.4, 0.5) is 17.1 Å². The average molecular weight is 652 g/mol. The fourth-order valence-corrected chi connectivity index (χ4v) is 10.1. The molecule has 0 aromatic heterocycles. The highest BCUT2D eigenvalue weighted by Crippen LogP contribution is 2.55. The topological polar surface area (TPSA) is 3.24 Å². The maximum absolute atomic E-state index is 2.59.